The van der Waals surface area contributed by atoms with Crippen molar-refractivity contribution in [3.8, 4) is 5.75 Å². The summed E-state index contributed by atoms with van der Waals surface area (Å²) >= 11 is 0. The number of anilines is 1. The summed E-state index contributed by atoms with van der Waals surface area (Å²) in [6.07, 6.45) is 13.9. The summed E-state index contributed by atoms with van der Waals surface area (Å²) in [7, 11) is 0. The van der Waals surface area contributed by atoms with Gasteiger partial charge in [0, 0.05) is 43.7 Å². The van der Waals surface area contributed by atoms with Gasteiger partial charge < -0.3 is 19.4 Å². The van der Waals surface area contributed by atoms with E-state index in [9.17, 15) is 18.0 Å². The lowest BCUT2D eigenvalue weighted by Gasteiger charge is -2.33. The number of fused-ring (bicyclic) bond motifs is 1. The predicted molar refractivity (Wildman–Crippen MR) is 179 cm³/mol. The van der Waals surface area contributed by atoms with Gasteiger partial charge in [0.05, 0.1) is 5.56 Å². The molecule has 47 heavy (non-hydrogen) atoms. The highest BCUT2D eigenvalue weighted by atomic mass is 19.4. The Bertz CT molecular complexity index is 1620. The molecular formula is C38H44F3N3O3. The van der Waals surface area contributed by atoms with Crippen LogP contribution in [0.1, 0.15) is 87.9 Å². The maximum Gasteiger partial charge on any atom is 0.416 e. The molecule has 2 heterocycles. The topological polar surface area (TPSA) is 67.6 Å². The number of allylic oxidation sites excluding steroid dienone is 6. The largest absolute Gasteiger partial charge is 0.490 e. The SMILES string of the molecule is CC1=CC=C(CCCC2CCC(NC(=O)c3nc4ccc(OC5CCN(c6ccc(C(F)(F)F)cc6)CC5)cc4o3)CC2)C=CC1C. The van der Waals surface area contributed by atoms with Gasteiger partial charge in [0.25, 0.3) is 5.89 Å². The number of hydrogen-bond acceptors (Lipinski definition) is 5. The minimum Gasteiger partial charge on any atom is -0.490 e. The second kappa shape index (κ2) is 14.4. The van der Waals surface area contributed by atoms with Crippen molar-refractivity contribution in [1.82, 2.24) is 10.3 Å². The summed E-state index contributed by atoms with van der Waals surface area (Å²) in [5.41, 5.74) is 4.04. The molecule has 0 spiro atoms. The zero-order valence-electron chi connectivity index (χ0n) is 27.2. The van der Waals surface area contributed by atoms with E-state index in [0.29, 0.717) is 41.8 Å². The Balaban J connectivity index is 0.936. The Morgan fingerprint density at radius 3 is 2.49 bits per heavy atom. The van der Waals surface area contributed by atoms with Crippen molar-refractivity contribution < 1.29 is 27.1 Å². The molecule has 2 fully saturated rings. The zero-order valence-corrected chi connectivity index (χ0v) is 27.2. The van der Waals surface area contributed by atoms with Crippen molar-refractivity contribution in [1.29, 1.82) is 0 Å². The van der Waals surface area contributed by atoms with Gasteiger partial charge in [-0.2, -0.15) is 13.2 Å². The van der Waals surface area contributed by atoms with Gasteiger partial charge >= 0.3 is 12.1 Å². The highest BCUT2D eigenvalue weighted by molar-refractivity contribution is 5.92. The number of ether oxygens (including phenoxy) is 1. The van der Waals surface area contributed by atoms with Crippen LogP contribution in [0, 0.1) is 11.8 Å². The fraction of sp³-hybridized carbons (Fsp3) is 0.474. The molecule has 1 atom stereocenters. The fourth-order valence-electron chi connectivity index (χ4n) is 6.83. The van der Waals surface area contributed by atoms with Crippen LogP contribution in [0.3, 0.4) is 0 Å². The molecule has 1 unspecified atom stereocenters. The van der Waals surface area contributed by atoms with E-state index in [1.54, 1.807) is 12.1 Å². The van der Waals surface area contributed by atoms with Crippen LogP contribution in [0.2, 0.25) is 0 Å². The number of amides is 1. The van der Waals surface area contributed by atoms with Crippen molar-refractivity contribution in [3.05, 3.63) is 89.4 Å². The minimum atomic E-state index is -4.34. The van der Waals surface area contributed by atoms with Crippen molar-refractivity contribution in [2.24, 2.45) is 11.8 Å². The first-order valence-electron chi connectivity index (χ1n) is 17.0. The third kappa shape index (κ3) is 8.48. The Labute approximate surface area is 274 Å². The molecule has 2 aromatic carbocycles. The number of nitrogens with one attached hydrogen (secondary N) is 1. The molecule has 6 rings (SSSR count). The molecule has 250 valence electrons. The van der Waals surface area contributed by atoms with Gasteiger partial charge in [-0.3, -0.25) is 4.79 Å². The number of nitrogens with zero attached hydrogens (tertiary/aromatic N) is 2. The maximum atomic E-state index is 13.0. The van der Waals surface area contributed by atoms with E-state index in [1.165, 1.54) is 36.1 Å². The van der Waals surface area contributed by atoms with E-state index in [4.69, 9.17) is 9.15 Å². The van der Waals surface area contributed by atoms with Crippen molar-refractivity contribution in [3.63, 3.8) is 0 Å². The molecule has 0 bridgehead atoms. The number of benzene rings is 2. The molecule has 1 aromatic heterocycles. The molecule has 1 saturated carbocycles. The highest BCUT2D eigenvalue weighted by Gasteiger charge is 2.31. The number of alkyl halides is 3. The van der Waals surface area contributed by atoms with Gasteiger partial charge in [-0.05, 0) is 99.3 Å². The standard InChI is InChI=1S/C38H44F3N3O3/c1-25-6-8-27(9-7-26(25)2)4-3-5-28-10-14-30(15-11-28)42-36(45)37-43-34-19-18-33(24-35(34)47-37)46-32-20-22-44(23-21-32)31-16-12-29(13-17-31)38(39,40)41/h6-9,12-13,16-19,24-25,28,30,32H,3-5,10-11,14-15,20-23H2,1-2H3,(H,42,45). The summed E-state index contributed by atoms with van der Waals surface area (Å²) in [5, 5.41) is 3.14. The first-order chi connectivity index (χ1) is 22.6. The van der Waals surface area contributed by atoms with Gasteiger partial charge in [-0.1, -0.05) is 43.2 Å². The maximum absolute atomic E-state index is 13.0. The van der Waals surface area contributed by atoms with Crippen LogP contribution < -0.4 is 15.0 Å². The zero-order chi connectivity index (χ0) is 33.0. The molecule has 3 aromatic rings. The van der Waals surface area contributed by atoms with E-state index in [2.05, 4.69) is 53.4 Å². The van der Waals surface area contributed by atoms with Crippen LogP contribution in [0.5, 0.6) is 5.75 Å². The predicted octanol–water partition coefficient (Wildman–Crippen LogP) is 9.43. The van der Waals surface area contributed by atoms with E-state index in [0.717, 1.165) is 62.8 Å². The molecule has 2 aliphatic carbocycles. The summed E-state index contributed by atoms with van der Waals surface area (Å²) in [6.45, 7) is 5.78. The van der Waals surface area contributed by atoms with Gasteiger partial charge in [0.2, 0.25) is 0 Å². The summed E-state index contributed by atoms with van der Waals surface area (Å²) in [4.78, 5) is 19.5. The van der Waals surface area contributed by atoms with Crippen LogP contribution in [-0.4, -0.2) is 36.1 Å². The molecular weight excluding hydrogens is 603 g/mol. The second-order valence-corrected chi connectivity index (χ2v) is 13.4. The summed E-state index contributed by atoms with van der Waals surface area (Å²) < 4.78 is 50.8. The molecule has 3 aliphatic rings. The first-order valence-corrected chi connectivity index (χ1v) is 17.0. The third-order valence-corrected chi connectivity index (χ3v) is 10.00. The number of halogens is 3. The van der Waals surface area contributed by atoms with E-state index in [1.807, 2.05) is 6.07 Å². The van der Waals surface area contributed by atoms with Crippen molar-refractivity contribution >= 4 is 22.7 Å². The number of hydrogen-bond donors (Lipinski definition) is 1. The van der Waals surface area contributed by atoms with Gasteiger partial charge in [0.15, 0.2) is 5.58 Å². The Morgan fingerprint density at radius 1 is 1.02 bits per heavy atom. The normalized spacial score (nSPS) is 22.5. The van der Waals surface area contributed by atoms with Crippen LogP contribution in [0.15, 0.2) is 82.3 Å². The molecule has 9 heteroatoms. The van der Waals surface area contributed by atoms with Crippen molar-refractivity contribution in [2.75, 3.05) is 18.0 Å². The third-order valence-electron chi connectivity index (χ3n) is 10.00. The summed E-state index contributed by atoms with van der Waals surface area (Å²) in [6, 6.07) is 10.8. The molecule has 0 radical (unpaired) electrons. The van der Waals surface area contributed by atoms with Gasteiger partial charge in [0.1, 0.15) is 17.4 Å². The van der Waals surface area contributed by atoms with E-state index < -0.39 is 11.7 Å². The number of carbonyl (C=O) groups is 1. The van der Waals surface area contributed by atoms with Crippen LogP contribution in [-0.2, 0) is 6.18 Å². The quantitative estimate of drug-likeness (QED) is 0.251. The second-order valence-electron chi connectivity index (χ2n) is 13.4. The van der Waals surface area contributed by atoms with E-state index >= 15 is 0 Å². The van der Waals surface area contributed by atoms with Gasteiger partial charge in [-0.25, -0.2) is 4.98 Å². The number of oxazole rings is 1. The Hall–Kier alpha value is -4.01. The highest BCUT2D eigenvalue weighted by Crippen LogP contribution is 2.33. The number of rotatable bonds is 9. The first kappa shape index (κ1) is 32.9. The lowest BCUT2D eigenvalue weighted by atomic mass is 9.83. The number of aromatic nitrogens is 1. The van der Waals surface area contributed by atoms with Crippen molar-refractivity contribution in [2.45, 2.75) is 90.0 Å². The lowest BCUT2D eigenvalue weighted by molar-refractivity contribution is -0.137. The number of carbonyl (C=O) groups excluding carboxylic acids is 1. The molecule has 1 N–H and O–H groups in total. The fourth-order valence-corrected chi connectivity index (χ4v) is 6.83. The minimum absolute atomic E-state index is 0.0325. The molecule has 1 saturated heterocycles. The summed E-state index contributed by atoms with van der Waals surface area (Å²) in [5.74, 6) is 1.62. The number of piperidine rings is 1. The van der Waals surface area contributed by atoms with Crippen LogP contribution >= 0.6 is 0 Å². The average Bonchev–Trinajstić information content (AvgIpc) is 3.43. The smallest absolute Gasteiger partial charge is 0.416 e. The molecule has 6 nitrogen and oxygen atoms in total. The van der Waals surface area contributed by atoms with Gasteiger partial charge in [-0.15, -0.1) is 0 Å². The lowest BCUT2D eigenvalue weighted by Crippen LogP contribution is -2.38. The van der Waals surface area contributed by atoms with Crippen LogP contribution in [0.25, 0.3) is 11.1 Å². The average molecular weight is 648 g/mol. The van der Waals surface area contributed by atoms with E-state index in [-0.39, 0.29) is 23.9 Å². The Kier molecular flexibility index (Phi) is 10.1. The van der Waals surface area contributed by atoms with Crippen LogP contribution in [0.4, 0.5) is 18.9 Å². The monoisotopic (exact) mass is 647 g/mol. The molecule has 1 amide bonds. The Morgan fingerprint density at radius 2 is 1.77 bits per heavy atom. The molecule has 1 aliphatic heterocycles.